The van der Waals surface area contributed by atoms with E-state index in [1.165, 1.54) is 12.1 Å². The number of hydrogen-bond acceptors (Lipinski definition) is 3. The van der Waals surface area contributed by atoms with E-state index in [2.05, 4.69) is 16.3 Å². The molecule has 0 aliphatic heterocycles. The second-order valence-corrected chi connectivity index (χ2v) is 4.65. The highest BCUT2D eigenvalue weighted by atomic mass is 19.1. The summed E-state index contributed by atoms with van der Waals surface area (Å²) < 4.78 is 14.0. The summed E-state index contributed by atoms with van der Waals surface area (Å²) in [4.78, 5) is 11.7. The quantitative estimate of drug-likeness (QED) is 0.783. The number of hydrogen-bond donors (Lipinski definition) is 1. The molecule has 0 aliphatic carbocycles. The molecule has 4 nitrogen and oxygen atoms in total. The van der Waals surface area contributed by atoms with Gasteiger partial charge in [0.25, 0.3) is 5.56 Å². The Kier molecular flexibility index (Phi) is 3.20. The molecule has 0 fully saturated rings. The summed E-state index contributed by atoms with van der Waals surface area (Å²) in [5.41, 5.74) is 1.39. The summed E-state index contributed by atoms with van der Waals surface area (Å²) in [6.45, 7) is 0. The Morgan fingerprint density at radius 1 is 1.24 bits per heavy atom. The Balaban J connectivity index is 2.15. The van der Waals surface area contributed by atoms with E-state index in [0.29, 0.717) is 17.7 Å². The number of fused-ring (bicyclic) bond motifs is 1. The van der Waals surface area contributed by atoms with Crippen LogP contribution in [-0.2, 0) is 6.42 Å². The summed E-state index contributed by atoms with van der Waals surface area (Å²) >= 11 is 0. The standard InChI is InChI=1S/C16H10FN3O/c17-13-6-2-5-12-15(13)14(19-20-16(12)21)8-10-3-1-4-11(7-10)9-18/h1-7H,8H2,(H,20,21). The average Bonchev–Trinajstić information content (AvgIpc) is 2.51. The van der Waals surface area contributed by atoms with E-state index in [1.54, 1.807) is 24.3 Å². The van der Waals surface area contributed by atoms with Gasteiger partial charge in [-0.1, -0.05) is 18.2 Å². The highest BCUT2D eigenvalue weighted by molar-refractivity contribution is 5.84. The zero-order valence-corrected chi connectivity index (χ0v) is 10.9. The molecule has 0 spiro atoms. The first-order valence-electron chi connectivity index (χ1n) is 6.34. The Bertz CT molecular complexity index is 925. The molecule has 2 aromatic carbocycles. The predicted molar refractivity (Wildman–Crippen MR) is 76.3 cm³/mol. The number of aromatic nitrogens is 2. The van der Waals surface area contributed by atoms with Crippen LogP contribution in [0.1, 0.15) is 16.8 Å². The van der Waals surface area contributed by atoms with Gasteiger partial charge in [-0.3, -0.25) is 4.79 Å². The molecule has 1 heterocycles. The lowest BCUT2D eigenvalue weighted by atomic mass is 10.0. The van der Waals surface area contributed by atoms with Gasteiger partial charge in [0, 0.05) is 11.8 Å². The highest BCUT2D eigenvalue weighted by Gasteiger charge is 2.11. The van der Waals surface area contributed by atoms with Gasteiger partial charge in [0.1, 0.15) is 5.82 Å². The SMILES string of the molecule is N#Cc1cccc(Cc2n[nH]c(=O)c3cccc(F)c23)c1. The van der Waals surface area contributed by atoms with Crippen LogP contribution >= 0.6 is 0 Å². The lowest BCUT2D eigenvalue weighted by Gasteiger charge is -2.06. The normalized spacial score (nSPS) is 10.5. The molecular weight excluding hydrogens is 269 g/mol. The van der Waals surface area contributed by atoms with Gasteiger partial charge in [-0.15, -0.1) is 0 Å². The third kappa shape index (κ3) is 2.39. The van der Waals surface area contributed by atoms with Crippen molar-refractivity contribution >= 4 is 10.8 Å². The molecule has 0 aliphatic rings. The zero-order chi connectivity index (χ0) is 14.8. The van der Waals surface area contributed by atoms with Crippen LogP contribution in [0.15, 0.2) is 47.3 Å². The molecule has 3 rings (SSSR count). The number of nitrogens with one attached hydrogen (secondary N) is 1. The van der Waals surface area contributed by atoms with Crippen LogP contribution < -0.4 is 5.56 Å². The number of H-pyrrole nitrogens is 1. The topological polar surface area (TPSA) is 69.5 Å². The van der Waals surface area contributed by atoms with Crippen molar-refractivity contribution in [3.05, 3.63) is 75.5 Å². The van der Waals surface area contributed by atoms with Gasteiger partial charge in [-0.05, 0) is 29.8 Å². The predicted octanol–water partition coefficient (Wildman–Crippen LogP) is 2.52. The van der Waals surface area contributed by atoms with Crippen molar-refractivity contribution in [2.45, 2.75) is 6.42 Å². The van der Waals surface area contributed by atoms with Crippen LogP contribution in [-0.4, -0.2) is 10.2 Å². The lowest BCUT2D eigenvalue weighted by molar-refractivity contribution is 0.637. The first-order valence-corrected chi connectivity index (χ1v) is 6.34. The van der Waals surface area contributed by atoms with Crippen molar-refractivity contribution < 1.29 is 4.39 Å². The molecule has 0 saturated heterocycles. The van der Waals surface area contributed by atoms with Gasteiger partial charge in [-0.25, -0.2) is 9.49 Å². The highest BCUT2D eigenvalue weighted by Crippen LogP contribution is 2.20. The second-order valence-electron chi connectivity index (χ2n) is 4.65. The first kappa shape index (κ1) is 13.0. The molecule has 102 valence electrons. The van der Waals surface area contributed by atoms with E-state index < -0.39 is 11.4 Å². The van der Waals surface area contributed by atoms with Crippen molar-refractivity contribution in [2.75, 3.05) is 0 Å². The van der Waals surface area contributed by atoms with E-state index in [4.69, 9.17) is 5.26 Å². The van der Waals surface area contributed by atoms with Gasteiger partial charge in [0.2, 0.25) is 0 Å². The van der Waals surface area contributed by atoms with Gasteiger partial charge in [0.05, 0.1) is 22.7 Å². The van der Waals surface area contributed by atoms with Crippen LogP contribution in [0, 0.1) is 17.1 Å². The fourth-order valence-electron chi connectivity index (χ4n) is 2.31. The molecule has 21 heavy (non-hydrogen) atoms. The summed E-state index contributed by atoms with van der Waals surface area (Å²) in [5, 5.41) is 15.7. The third-order valence-corrected chi connectivity index (χ3v) is 3.27. The van der Waals surface area contributed by atoms with Crippen LogP contribution in [0.2, 0.25) is 0 Å². The summed E-state index contributed by atoms with van der Waals surface area (Å²) in [5.74, 6) is -0.475. The first-order chi connectivity index (χ1) is 10.2. The maximum Gasteiger partial charge on any atom is 0.272 e. The number of rotatable bonds is 2. The van der Waals surface area contributed by atoms with Crippen molar-refractivity contribution in [3.8, 4) is 6.07 Å². The van der Waals surface area contributed by atoms with E-state index in [0.717, 1.165) is 5.56 Å². The fourth-order valence-corrected chi connectivity index (χ4v) is 2.31. The van der Waals surface area contributed by atoms with E-state index in [1.807, 2.05) is 6.07 Å². The van der Waals surface area contributed by atoms with E-state index in [-0.39, 0.29) is 10.8 Å². The molecule has 5 heteroatoms. The van der Waals surface area contributed by atoms with Crippen molar-refractivity contribution in [1.82, 2.24) is 10.2 Å². The Labute approximate surface area is 119 Å². The largest absolute Gasteiger partial charge is 0.272 e. The minimum atomic E-state index is -0.475. The molecule has 0 atom stereocenters. The van der Waals surface area contributed by atoms with Crippen LogP contribution in [0.3, 0.4) is 0 Å². The maximum atomic E-state index is 14.0. The maximum absolute atomic E-state index is 14.0. The molecule has 0 saturated carbocycles. The number of halogens is 1. The van der Waals surface area contributed by atoms with Gasteiger partial charge < -0.3 is 0 Å². The average molecular weight is 279 g/mol. The number of nitrogens with zero attached hydrogens (tertiary/aromatic N) is 2. The van der Waals surface area contributed by atoms with Crippen LogP contribution in [0.25, 0.3) is 10.8 Å². The number of aromatic amines is 1. The van der Waals surface area contributed by atoms with E-state index >= 15 is 0 Å². The van der Waals surface area contributed by atoms with Gasteiger partial charge >= 0.3 is 0 Å². The fraction of sp³-hybridized carbons (Fsp3) is 0.0625. The van der Waals surface area contributed by atoms with Crippen LogP contribution in [0.5, 0.6) is 0 Å². The smallest absolute Gasteiger partial charge is 0.267 e. The molecule has 0 radical (unpaired) electrons. The lowest BCUT2D eigenvalue weighted by Crippen LogP contribution is -2.12. The molecular formula is C16H10FN3O. The summed E-state index contributed by atoms with van der Waals surface area (Å²) in [7, 11) is 0. The molecule has 1 N–H and O–H groups in total. The number of benzene rings is 2. The van der Waals surface area contributed by atoms with Gasteiger partial charge in [-0.2, -0.15) is 10.4 Å². The number of nitriles is 1. The summed E-state index contributed by atoms with van der Waals surface area (Å²) in [6.07, 6.45) is 0.337. The zero-order valence-electron chi connectivity index (χ0n) is 10.9. The monoisotopic (exact) mass is 279 g/mol. The van der Waals surface area contributed by atoms with Crippen molar-refractivity contribution in [3.63, 3.8) is 0 Å². The Morgan fingerprint density at radius 2 is 2.05 bits per heavy atom. The molecule has 0 amide bonds. The Morgan fingerprint density at radius 3 is 2.86 bits per heavy atom. The minimum absolute atomic E-state index is 0.226. The van der Waals surface area contributed by atoms with Crippen molar-refractivity contribution in [1.29, 1.82) is 5.26 Å². The molecule has 1 aromatic heterocycles. The minimum Gasteiger partial charge on any atom is -0.267 e. The summed E-state index contributed by atoms with van der Waals surface area (Å²) in [6, 6.07) is 13.4. The second kappa shape index (κ2) is 5.17. The van der Waals surface area contributed by atoms with Gasteiger partial charge in [0.15, 0.2) is 0 Å². The Hall–Kier alpha value is -3.00. The molecule has 0 bridgehead atoms. The third-order valence-electron chi connectivity index (χ3n) is 3.27. The van der Waals surface area contributed by atoms with Crippen LogP contribution in [0.4, 0.5) is 4.39 Å². The molecule has 3 aromatic rings. The van der Waals surface area contributed by atoms with Crippen molar-refractivity contribution in [2.24, 2.45) is 0 Å². The molecule has 0 unspecified atom stereocenters. The van der Waals surface area contributed by atoms with E-state index in [9.17, 15) is 9.18 Å².